The van der Waals surface area contributed by atoms with Crippen LogP contribution in [0.4, 0.5) is 17.6 Å². The summed E-state index contributed by atoms with van der Waals surface area (Å²) in [7, 11) is 0. The zero-order valence-electron chi connectivity index (χ0n) is 5.97. The quantitative estimate of drug-likeness (QED) is 0.158. The minimum absolute atomic E-state index is 0. The van der Waals surface area contributed by atoms with E-state index in [2.05, 4.69) is 0 Å². The molecule has 0 spiro atoms. The van der Waals surface area contributed by atoms with Crippen molar-refractivity contribution in [3.8, 4) is 0 Å². The molecule has 0 aliphatic rings. The summed E-state index contributed by atoms with van der Waals surface area (Å²) in [6.45, 7) is 0. The number of hydrogen-bond donors (Lipinski definition) is 0. The van der Waals surface area contributed by atoms with Crippen LogP contribution >= 0.6 is 22.6 Å². The molecule has 0 aliphatic heterocycles. The summed E-state index contributed by atoms with van der Waals surface area (Å²) in [6.07, 6.45) is 0. The van der Waals surface area contributed by atoms with Gasteiger partial charge in [-0.3, -0.25) is 0 Å². The Kier molecular flexibility index (Phi) is 5.78. The molecule has 0 aliphatic carbocycles. The molecule has 1 aromatic rings. The first-order chi connectivity index (χ1) is 5.46. The van der Waals surface area contributed by atoms with Gasteiger partial charge in [0.2, 0.25) is 0 Å². The molecule has 7 heteroatoms. The van der Waals surface area contributed by atoms with Gasteiger partial charge in [0, 0.05) is 0 Å². The first-order valence-electron chi connectivity index (χ1n) is 2.80. The second kappa shape index (κ2) is 5.31. The standard InChI is InChI=1S/C6F4I.HI.Mg/c7-2-1-3(8)5(10)6(11)4(2)9;;/h;1H;/q;;+1/p-1. The van der Waals surface area contributed by atoms with Crippen molar-refractivity contribution in [1.82, 2.24) is 0 Å². The fraction of sp³-hybridized carbons (Fsp3) is 0. The van der Waals surface area contributed by atoms with Crippen LogP contribution in [0.5, 0.6) is 0 Å². The van der Waals surface area contributed by atoms with E-state index >= 15 is 0 Å². The fourth-order valence-corrected chi connectivity index (χ4v) is 1.43. The van der Waals surface area contributed by atoms with Crippen LogP contribution in [0.25, 0.3) is 0 Å². The van der Waals surface area contributed by atoms with Crippen LogP contribution < -0.4 is 27.7 Å². The Hall–Kier alpha value is 1.17. The minimum atomic E-state index is -1.33. The van der Waals surface area contributed by atoms with Crippen molar-refractivity contribution in [2.24, 2.45) is 0 Å². The van der Waals surface area contributed by atoms with Crippen molar-refractivity contribution in [3.63, 3.8) is 0 Å². The van der Waals surface area contributed by atoms with Crippen molar-refractivity contribution >= 4 is 48.0 Å². The molecule has 0 heterocycles. The van der Waals surface area contributed by atoms with Gasteiger partial charge in [0.15, 0.2) is 0 Å². The topological polar surface area (TPSA) is 0 Å². The third kappa shape index (κ3) is 2.59. The van der Waals surface area contributed by atoms with Crippen molar-refractivity contribution < 1.29 is 41.5 Å². The van der Waals surface area contributed by atoms with E-state index in [1.165, 1.54) is 22.6 Å². The normalized spacial score (nSPS) is 9.77. The number of benzene rings is 1. The molecule has 0 nitrogen and oxygen atoms in total. The van der Waals surface area contributed by atoms with Crippen LogP contribution in [-0.4, -0.2) is 21.7 Å². The summed E-state index contributed by atoms with van der Waals surface area (Å²) in [5.41, 5.74) is 0. The molecule has 0 saturated heterocycles. The Labute approximate surface area is 115 Å². The van der Waals surface area contributed by atoms with Gasteiger partial charge in [-0.15, -0.1) is 0 Å². The van der Waals surface area contributed by atoms with E-state index in [0.717, 1.165) is 21.7 Å². The Morgan fingerprint density at radius 2 is 1.15 bits per heavy atom. The molecule has 0 aromatic heterocycles. The van der Waals surface area contributed by atoms with Crippen LogP contribution in [0.1, 0.15) is 0 Å². The molecule has 0 amide bonds. The smallest absolute Gasteiger partial charge is 1.00 e. The maximum Gasteiger partial charge on any atom is -1.00 e. The van der Waals surface area contributed by atoms with E-state index in [9.17, 15) is 17.6 Å². The molecule has 1 rings (SSSR count). The van der Waals surface area contributed by atoms with Crippen molar-refractivity contribution in [2.45, 2.75) is 0 Å². The summed E-state index contributed by atoms with van der Waals surface area (Å²) in [5, 5.41) is 0. The summed E-state index contributed by atoms with van der Waals surface area (Å²) in [4.78, 5) is 0. The molecule has 0 N–H and O–H groups in total. The molecular weight excluding hydrogens is 426 g/mol. The first kappa shape index (κ1) is 14.2. The predicted molar refractivity (Wildman–Crippen MR) is 44.4 cm³/mol. The molecule has 0 fully saturated rings. The average Bonchev–Trinajstić information content (AvgIpc) is 2.08. The first-order valence-corrected chi connectivity index (χ1v) is 4.58. The molecule has 0 unspecified atom stereocenters. The van der Waals surface area contributed by atoms with Gasteiger partial charge < -0.3 is 24.0 Å². The van der Waals surface area contributed by atoms with Gasteiger partial charge in [0.1, 0.15) is 0 Å². The summed E-state index contributed by atoms with van der Waals surface area (Å²) >= 11 is 1.98. The van der Waals surface area contributed by atoms with Gasteiger partial charge in [-0.05, 0) is 0 Å². The maximum absolute atomic E-state index is 12.7. The van der Waals surface area contributed by atoms with E-state index in [0.29, 0.717) is 0 Å². The number of rotatable bonds is 0. The fourth-order valence-electron chi connectivity index (χ4n) is 0.650. The predicted octanol–water partition coefficient (Wildman–Crippen LogP) is -1.35. The molecule has 13 heavy (non-hydrogen) atoms. The molecule has 0 saturated carbocycles. The largest absolute Gasteiger partial charge is 1.00 e. The minimum Gasteiger partial charge on any atom is -1.00 e. The molecule has 0 atom stereocenters. The molecule has 68 valence electrons. The van der Waals surface area contributed by atoms with Gasteiger partial charge in [-0.1, -0.05) is 0 Å². The zero-order chi connectivity index (χ0) is 9.46. The van der Waals surface area contributed by atoms with E-state index in [4.69, 9.17) is 0 Å². The van der Waals surface area contributed by atoms with Crippen LogP contribution in [-0.2, 0) is 0 Å². The van der Waals surface area contributed by atoms with Crippen LogP contribution in [0.3, 0.4) is 0 Å². The maximum atomic E-state index is 12.7. The van der Waals surface area contributed by atoms with Crippen molar-refractivity contribution in [1.29, 1.82) is 0 Å². The Morgan fingerprint density at radius 3 is 1.46 bits per heavy atom. The molecular formula is C6F4I2Mg. The monoisotopic (exact) mass is 426 g/mol. The second-order valence-electron chi connectivity index (χ2n) is 2.05. The zero-order valence-corrected chi connectivity index (χ0v) is 11.7. The van der Waals surface area contributed by atoms with Gasteiger partial charge in [0.25, 0.3) is 0 Å². The third-order valence-corrected chi connectivity index (χ3v) is 2.87. The number of hydrogen-bond acceptors (Lipinski definition) is 0. The Morgan fingerprint density at radius 1 is 0.846 bits per heavy atom. The Bertz CT molecular complexity index is 237. The van der Waals surface area contributed by atoms with Gasteiger partial charge in [-0.25, -0.2) is 0 Å². The van der Waals surface area contributed by atoms with Crippen LogP contribution in [0.2, 0.25) is 0 Å². The Balaban J connectivity index is 0.00000144. The van der Waals surface area contributed by atoms with Gasteiger partial charge in [0.05, 0.1) is 0 Å². The van der Waals surface area contributed by atoms with Crippen LogP contribution in [0, 0.1) is 26.8 Å². The van der Waals surface area contributed by atoms with E-state index in [1.807, 2.05) is 0 Å². The van der Waals surface area contributed by atoms with Crippen molar-refractivity contribution in [3.05, 3.63) is 26.8 Å². The van der Waals surface area contributed by atoms with Gasteiger partial charge >= 0.3 is 92.4 Å². The van der Waals surface area contributed by atoms with E-state index < -0.39 is 30.5 Å². The second-order valence-corrected chi connectivity index (χ2v) is 3.83. The SMILES string of the molecule is Fc1c(F)c(I)c(F)c(F)[c]1[Mg+].[I-]. The summed E-state index contributed by atoms with van der Waals surface area (Å²) in [6, 6.07) is 0. The third-order valence-electron chi connectivity index (χ3n) is 1.30. The number of halogens is 6. The van der Waals surface area contributed by atoms with Crippen molar-refractivity contribution in [2.75, 3.05) is 0 Å². The van der Waals surface area contributed by atoms with E-state index in [1.54, 1.807) is 0 Å². The molecule has 0 radical (unpaired) electrons. The average molecular weight is 426 g/mol. The molecule has 1 aromatic carbocycles. The summed E-state index contributed by atoms with van der Waals surface area (Å²) < 4.78 is 49.3. The molecule has 0 bridgehead atoms. The van der Waals surface area contributed by atoms with Crippen LogP contribution in [0.15, 0.2) is 0 Å². The van der Waals surface area contributed by atoms with Gasteiger partial charge in [-0.2, -0.15) is 0 Å². The summed E-state index contributed by atoms with van der Waals surface area (Å²) in [5.74, 6) is -5.31. The van der Waals surface area contributed by atoms with E-state index in [-0.39, 0.29) is 24.0 Å².